The predicted molar refractivity (Wildman–Crippen MR) is 104 cm³/mol. The summed E-state index contributed by atoms with van der Waals surface area (Å²) in [6.45, 7) is 7.98. The van der Waals surface area contributed by atoms with Crippen molar-refractivity contribution in [1.29, 1.82) is 0 Å². The zero-order valence-corrected chi connectivity index (χ0v) is 18.0. The number of ether oxygens (including phenoxy) is 2. The average Bonchev–Trinajstić information content (AvgIpc) is 2.51. The van der Waals surface area contributed by atoms with Gasteiger partial charge in [-0.05, 0) is 67.6 Å². The highest BCUT2D eigenvalue weighted by Gasteiger charge is 2.26. The van der Waals surface area contributed by atoms with Crippen molar-refractivity contribution >= 4 is 38.0 Å². The van der Waals surface area contributed by atoms with Crippen LogP contribution < -0.4 is 0 Å². The first-order chi connectivity index (χ1) is 11.7. The number of carbonyl (C=O) groups is 1. The molecule has 25 heavy (non-hydrogen) atoms. The van der Waals surface area contributed by atoms with Gasteiger partial charge in [0.05, 0.1) is 11.1 Å². The molecule has 1 saturated heterocycles. The normalized spacial score (nSPS) is 16.1. The molecule has 0 atom stereocenters. The number of amides is 1. The maximum Gasteiger partial charge on any atom is 0.410 e. The molecule has 1 aliphatic rings. The lowest BCUT2D eigenvalue weighted by Gasteiger charge is -2.33. The fraction of sp³-hybridized carbons (Fsp3) is 0.611. The summed E-state index contributed by atoms with van der Waals surface area (Å²) in [7, 11) is 0. The number of hydrogen-bond acceptors (Lipinski definition) is 4. The molecule has 0 saturated carbocycles. The van der Waals surface area contributed by atoms with Crippen LogP contribution in [0.25, 0.3) is 0 Å². The number of benzene rings is 1. The first-order valence-corrected chi connectivity index (χ1v) is 9.97. The summed E-state index contributed by atoms with van der Waals surface area (Å²) in [4.78, 5) is 13.8. The zero-order chi connectivity index (χ0) is 18.6. The van der Waals surface area contributed by atoms with Crippen LogP contribution in [0.15, 0.2) is 21.1 Å². The molecule has 1 fully saturated rings. The van der Waals surface area contributed by atoms with E-state index in [2.05, 4.69) is 31.9 Å². The van der Waals surface area contributed by atoms with Crippen molar-refractivity contribution in [3.8, 4) is 5.75 Å². The number of phenols is 1. The summed E-state index contributed by atoms with van der Waals surface area (Å²) in [5, 5.41) is 10.0. The standard InChI is InChI=1S/C18H25Br2NO4/c1-18(2,3)25-17(23)21-6-4-12(5-7-21)10-24-11-13-8-14(19)9-15(20)16(13)22/h8-9,12,22H,4-7,10-11H2,1-3H3. The van der Waals surface area contributed by atoms with E-state index in [1.54, 1.807) is 11.0 Å². The largest absolute Gasteiger partial charge is 0.506 e. The highest BCUT2D eigenvalue weighted by Crippen LogP contribution is 2.32. The monoisotopic (exact) mass is 477 g/mol. The summed E-state index contributed by atoms with van der Waals surface area (Å²) in [6.07, 6.45) is 1.55. The van der Waals surface area contributed by atoms with Crippen LogP contribution in [0.3, 0.4) is 0 Å². The topological polar surface area (TPSA) is 59.0 Å². The predicted octanol–water partition coefficient (Wildman–Crippen LogP) is 5.08. The third-order valence-electron chi connectivity index (χ3n) is 3.98. The van der Waals surface area contributed by atoms with E-state index in [1.165, 1.54) is 0 Å². The van der Waals surface area contributed by atoms with E-state index in [1.807, 2.05) is 26.8 Å². The lowest BCUT2D eigenvalue weighted by Crippen LogP contribution is -2.42. The average molecular weight is 479 g/mol. The quantitative estimate of drug-likeness (QED) is 0.655. The second-order valence-corrected chi connectivity index (χ2v) is 9.09. The van der Waals surface area contributed by atoms with Crippen LogP contribution >= 0.6 is 31.9 Å². The van der Waals surface area contributed by atoms with Crippen LogP contribution in [0.2, 0.25) is 0 Å². The van der Waals surface area contributed by atoms with Gasteiger partial charge in [0, 0.05) is 29.7 Å². The van der Waals surface area contributed by atoms with E-state index in [4.69, 9.17) is 9.47 Å². The van der Waals surface area contributed by atoms with Crippen molar-refractivity contribution in [2.45, 2.75) is 45.8 Å². The minimum absolute atomic E-state index is 0.211. The van der Waals surface area contributed by atoms with Crippen LogP contribution in [0, 0.1) is 5.92 Å². The van der Waals surface area contributed by atoms with Crippen molar-refractivity contribution in [3.63, 3.8) is 0 Å². The molecule has 0 aliphatic carbocycles. The lowest BCUT2D eigenvalue weighted by molar-refractivity contribution is 0.0104. The van der Waals surface area contributed by atoms with Crippen molar-refractivity contribution in [1.82, 2.24) is 4.90 Å². The molecular formula is C18H25Br2NO4. The van der Waals surface area contributed by atoms with E-state index in [0.29, 0.717) is 36.7 Å². The second kappa shape index (κ2) is 8.73. The zero-order valence-electron chi connectivity index (χ0n) is 14.8. The Morgan fingerprint density at radius 2 is 1.92 bits per heavy atom. The first kappa shape index (κ1) is 20.5. The number of aromatic hydroxyl groups is 1. The Balaban J connectivity index is 1.75. The molecule has 1 aliphatic heterocycles. The number of hydrogen-bond donors (Lipinski definition) is 1. The van der Waals surface area contributed by atoms with Gasteiger partial charge in [-0.3, -0.25) is 0 Å². The number of likely N-dealkylation sites (tertiary alicyclic amines) is 1. The number of halogens is 2. The highest BCUT2D eigenvalue weighted by atomic mass is 79.9. The Morgan fingerprint density at radius 3 is 2.52 bits per heavy atom. The molecule has 0 unspecified atom stereocenters. The molecule has 0 aromatic heterocycles. The van der Waals surface area contributed by atoms with Crippen LogP contribution in [-0.4, -0.2) is 41.4 Å². The van der Waals surface area contributed by atoms with Gasteiger partial charge in [0.25, 0.3) is 0 Å². The minimum Gasteiger partial charge on any atom is -0.506 e. The summed E-state index contributed by atoms with van der Waals surface area (Å²) < 4.78 is 12.7. The van der Waals surface area contributed by atoms with Gasteiger partial charge in [0.1, 0.15) is 11.4 Å². The minimum atomic E-state index is -0.461. The molecule has 1 heterocycles. The van der Waals surface area contributed by atoms with E-state index >= 15 is 0 Å². The van der Waals surface area contributed by atoms with Crippen LogP contribution in [0.5, 0.6) is 5.75 Å². The number of nitrogens with zero attached hydrogens (tertiary/aromatic N) is 1. The Morgan fingerprint density at radius 1 is 1.28 bits per heavy atom. The molecule has 1 amide bonds. The fourth-order valence-electron chi connectivity index (χ4n) is 2.67. The van der Waals surface area contributed by atoms with E-state index in [0.717, 1.165) is 22.9 Å². The van der Waals surface area contributed by atoms with Gasteiger partial charge in [-0.15, -0.1) is 0 Å². The van der Waals surface area contributed by atoms with Crippen molar-refractivity contribution in [2.24, 2.45) is 5.92 Å². The molecule has 0 bridgehead atoms. The Labute approximate surface area is 165 Å². The van der Waals surface area contributed by atoms with Gasteiger partial charge in [0.2, 0.25) is 0 Å². The molecule has 1 aromatic rings. The number of rotatable bonds is 4. The van der Waals surface area contributed by atoms with Crippen molar-refractivity contribution in [2.75, 3.05) is 19.7 Å². The van der Waals surface area contributed by atoms with Crippen molar-refractivity contribution in [3.05, 3.63) is 26.6 Å². The van der Waals surface area contributed by atoms with Gasteiger partial charge in [0.15, 0.2) is 0 Å². The van der Waals surface area contributed by atoms with Crippen LogP contribution in [0.1, 0.15) is 39.2 Å². The fourth-order valence-corrected chi connectivity index (χ4v) is 3.99. The molecule has 7 heteroatoms. The summed E-state index contributed by atoms with van der Waals surface area (Å²) in [6, 6.07) is 3.65. The summed E-state index contributed by atoms with van der Waals surface area (Å²) >= 11 is 6.73. The third-order valence-corrected chi connectivity index (χ3v) is 5.05. The summed E-state index contributed by atoms with van der Waals surface area (Å²) in [5.74, 6) is 0.624. The van der Waals surface area contributed by atoms with Crippen LogP contribution in [0.4, 0.5) is 4.79 Å². The van der Waals surface area contributed by atoms with Crippen LogP contribution in [-0.2, 0) is 16.1 Å². The maximum atomic E-state index is 12.1. The molecule has 0 spiro atoms. The number of piperidine rings is 1. The lowest BCUT2D eigenvalue weighted by atomic mass is 9.98. The smallest absolute Gasteiger partial charge is 0.410 e. The molecule has 1 aromatic carbocycles. The van der Waals surface area contributed by atoms with Gasteiger partial charge >= 0.3 is 6.09 Å². The molecule has 2 rings (SSSR count). The Hall–Kier alpha value is -0.790. The van der Waals surface area contributed by atoms with Gasteiger partial charge in [-0.2, -0.15) is 0 Å². The van der Waals surface area contributed by atoms with Gasteiger partial charge < -0.3 is 19.5 Å². The number of phenolic OH excluding ortho intramolecular Hbond substituents is 1. The van der Waals surface area contributed by atoms with Gasteiger partial charge in [-0.25, -0.2) is 4.79 Å². The highest BCUT2D eigenvalue weighted by molar-refractivity contribution is 9.11. The third kappa shape index (κ3) is 6.46. The SMILES string of the molecule is CC(C)(C)OC(=O)N1CCC(COCc2cc(Br)cc(Br)c2O)CC1. The Kier molecular flexibility index (Phi) is 7.17. The van der Waals surface area contributed by atoms with E-state index in [9.17, 15) is 9.90 Å². The molecular weight excluding hydrogens is 454 g/mol. The van der Waals surface area contributed by atoms with Gasteiger partial charge in [-0.1, -0.05) is 15.9 Å². The molecule has 0 radical (unpaired) electrons. The van der Waals surface area contributed by atoms with E-state index in [-0.39, 0.29) is 11.8 Å². The number of carbonyl (C=O) groups excluding carboxylic acids is 1. The first-order valence-electron chi connectivity index (χ1n) is 8.38. The van der Waals surface area contributed by atoms with E-state index < -0.39 is 5.60 Å². The maximum absolute atomic E-state index is 12.1. The molecule has 1 N–H and O–H groups in total. The van der Waals surface area contributed by atoms with Crippen molar-refractivity contribution < 1.29 is 19.4 Å². The molecule has 140 valence electrons. The molecule has 5 nitrogen and oxygen atoms in total. The second-order valence-electron chi connectivity index (χ2n) is 7.32. The Bertz CT molecular complexity index is 608. The summed E-state index contributed by atoms with van der Waals surface area (Å²) in [5.41, 5.74) is 0.282.